The van der Waals surface area contributed by atoms with Gasteiger partial charge in [0.15, 0.2) is 0 Å². The highest BCUT2D eigenvalue weighted by molar-refractivity contribution is 5.80. The van der Waals surface area contributed by atoms with Crippen LogP contribution in [-0.4, -0.2) is 159 Å². The van der Waals surface area contributed by atoms with E-state index < -0.39 is 60.2 Å². The molecule has 0 aromatic carbocycles. The minimum absolute atomic E-state index is 0.0388. The second-order valence-corrected chi connectivity index (χ2v) is 12.1. The molecule has 0 saturated carbocycles. The van der Waals surface area contributed by atoms with E-state index in [1.54, 1.807) is 41.5 Å². The molecule has 19 nitrogen and oxygen atoms in total. The molecular formula is C34H61N3O16. The lowest BCUT2D eigenvalue weighted by atomic mass is 10.0. The van der Waals surface area contributed by atoms with Crippen LogP contribution in [0, 0.1) is 0 Å². The van der Waals surface area contributed by atoms with E-state index in [-0.39, 0.29) is 118 Å². The summed E-state index contributed by atoms with van der Waals surface area (Å²) in [6.45, 7) is 10.9. The first kappa shape index (κ1) is 49.4. The Hall–Kier alpha value is -3.62. The third-order valence-corrected chi connectivity index (χ3v) is 6.13. The lowest BCUT2D eigenvalue weighted by molar-refractivity contribution is -0.146. The molecule has 0 aliphatic heterocycles. The Morgan fingerprint density at radius 3 is 1.32 bits per heavy atom. The molecule has 0 rings (SSSR count). The van der Waals surface area contributed by atoms with Gasteiger partial charge in [-0.3, -0.25) is 24.0 Å². The summed E-state index contributed by atoms with van der Waals surface area (Å²) in [6, 6.07) is 0. The Morgan fingerprint density at radius 2 is 0.906 bits per heavy atom. The number of esters is 3. The van der Waals surface area contributed by atoms with Crippen LogP contribution in [0.3, 0.4) is 0 Å². The van der Waals surface area contributed by atoms with Gasteiger partial charge in [-0.25, -0.2) is 4.79 Å². The number of carbonyl (C=O) groups excluding carboxylic acids is 6. The fourth-order valence-electron chi connectivity index (χ4n) is 3.95. The third-order valence-electron chi connectivity index (χ3n) is 6.13. The molecule has 0 aromatic rings. The second kappa shape index (κ2) is 30.8. The predicted octanol–water partition coefficient (Wildman–Crippen LogP) is 0.442. The van der Waals surface area contributed by atoms with E-state index in [4.69, 9.17) is 47.4 Å². The summed E-state index contributed by atoms with van der Waals surface area (Å²) >= 11 is 0. The maximum Gasteiger partial charge on any atom is 0.407 e. The summed E-state index contributed by atoms with van der Waals surface area (Å²) in [5, 5.41) is 7.95. The number of hydrogen-bond acceptors (Lipinski definition) is 16. The fraction of sp³-hybridized carbons (Fsp3) is 0.824. The summed E-state index contributed by atoms with van der Waals surface area (Å²) in [7, 11) is 0. The van der Waals surface area contributed by atoms with Gasteiger partial charge >= 0.3 is 24.0 Å². The number of ether oxygens (including phenoxy) is 10. The van der Waals surface area contributed by atoms with Gasteiger partial charge in [-0.15, -0.1) is 0 Å². The van der Waals surface area contributed by atoms with Gasteiger partial charge in [0, 0.05) is 13.1 Å². The van der Waals surface area contributed by atoms with Crippen LogP contribution in [0.5, 0.6) is 0 Å². The average molecular weight is 768 g/mol. The van der Waals surface area contributed by atoms with E-state index in [1.165, 1.54) is 0 Å². The van der Waals surface area contributed by atoms with Gasteiger partial charge in [-0.2, -0.15) is 0 Å². The van der Waals surface area contributed by atoms with Crippen LogP contribution < -0.4 is 16.0 Å². The summed E-state index contributed by atoms with van der Waals surface area (Å²) < 4.78 is 53.1. The van der Waals surface area contributed by atoms with Gasteiger partial charge in [-0.1, -0.05) is 0 Å². The molecule has 0 aliphatic rings. The first-order valence-corrected chi connectivity index (χ1v) is 17.7. The molecule has 3 N–H and O–H groups in total. The molecule has 3 amide bonds. The van der Waals surface area contributed by atoms with Gasteiger partial charge in [0.2, 0.25) is 11.8 Å². The number of hydrogen-bond donors (Lipinski definition) is 3. The molecule has 0 spiro atoms. The van der Waals surface area contributed by atoms with Crippen molar-refractivity contribution >= 4 is 35.8 Å². The molecular weight excluding hydrogens is 706 g/mol. The average Bonchev–Trinajstić information content (AvgIpc) is 3.07. The van der Waals surface area contributed by atoms with Crippen LogP contribution in [0.15, 0.2) is 0 Å². The largest absolute Gasteiger partial charge is 0.466 e. The van der Waals surface area contributed by atoms with Crippen molar-refractivity contribution in [2.24, 2.45) is 0 Å². The monoisotopic (exact) mass is 767 g/mol. The highest BCUT2D eigenvalue weighted by Gasteiger charge is 2.34. The Morgan fingerprint density at radius 1 is 0.491 bits per heavy atom. The van der Waals surface area contributed by atoms with Crippen LogP contribution in [0.25, 0.3) is 0 Å². The van der Waals surface area contributed by atoms with Gasteiger partial charge in [-0.05, 0) is 41.5 Å². The second-order valence-electron chi connectivity index (χ2n) is 12.1. The molecule has 0 radical (unpaired) electrons. The van der Waals surface area contributed by atoms with Crippen LogP contribution in [0.4, 0.5) is 4.79 Å². The zero-order valence-corrected chi connectivity index (χ0v) is 32.2. The topological polar surface area (TPSA) is 231 Å². The zero-order valence-electron chi connectivity index (χ0n) is 32.2. The number of carbonyl (C=O) groups is 6. The minimum atomic E-state index is -1.35. The van der Waals surface area contributed by atoms with Crippen molar-refractivity contribution < 1.29 is 76.1 Å². The van der Waals surface area contributed by atoms with Crippen LogP contribution in [-0.2, 0) is 71.3 Å². The van der Waals surface area contributed by atoms with E-state index in [2.05, 4.69) is 16.0 Å². The van der Waals surface area contributed by atoms with E-state index in [0.717, 1.165) is 0 Å². The third kappa shape index (κ3) is 30.5. The van der Waals surface area contributed by atoms with Crippen LogP contribution in [0.1, 0.15) is 60.8 Å². The SMILES string of the molecule is CCOC(=O)CCOCC(COCCC(=O)OCC)(COCCC(=O)OCC)NC(=O)COCC(=O)NCCOCCOCCNC(=O)OC(C)(C)C. The quantitative estimate of drug-likeness (QED) is 0.0479. The molecule has 0 unspecified atom stereocenters. The van der Waals surface area contributed by atoms with Crippen molar-refractivity contribution in [3.8, 4) is 0 Å². The number of nitrogens with one attached hydrogen (secondary N) is 3. The normalized spacial score (nSPS) is 11.4. The highest BCUT2D eigenvalue weighted by atomic mass is 16.6. The Bertz CT molecular complexity index is 989. The molecule has 0 aliphatic carbocycles. The zero-order chi connectivity index (χ0) is 39.8. The Kier molecular flexibility index (Phi) is 28.7. The van der Waals surface area contributed by atoms with Crippen molar-refractivity contribution in [3.05, 3.63) is 0 Å². The van der Waals surface area contributed by atoms with Gasteiger partial charge in [0.1, 0.15) is 24.4 Å². The van der Waals surface area contributed by atoms with Crippen LogP contribution in [0.2, 0.25) is 0 Å². The maximum atomic E-state index is 13.0. The van der Waals surface area contributed by atoms with Crippen molar-refractivity contribution in [1.82, 2.24) is 16.0 Å². The molecule has 53 heavy (non-hydrogen) atoms. The molecule has 0 atom stereocenters. The molecule has 0 saturated heterocycles. The number of rotatable bonds is 32. The van der Waals surface area contributed by atoms with Gasteiger partial charge in [0.05, 0.1) is 105 Å². The van der Waals surface area contributed by atoms with E-state index in [9.17, 15) is 28.8 Å². The van der Waals surface area contributed by atoms with Crippen molar-refractivity contribution in [2.75, 3.05) is 112 Å². The predicted molar refractivity (Wildman–Crippen MR) is 187 cm³/mol. The minimum Gasteiger partial charge on any atom is -0.466 e. The van der Waals surface area contributed by atoms with Gasteiger partial charge in [0.25, 0.3) is 0 Å². The van der Waals surface area contributed by atoms with Crippen molar-refractivity contribution in [1.29, 1.82) is 0 Å². The van der Waals surface area contributed by atoms with E-state index >= 15 is 0 Å². The lowest BCUT2D eigenvalue weighted by Gasteiger charge is -2.34. The molecule has 0 aromatic heterocycles. The molecule has 0 fully saturated rings. The first-order valence-electron chi connectivity index (χ1n) is 17.7. The lowest BCUT2D eigenvalue weighted by Crippen LogP contribution is -2.59. The Labute approximate surface area is 312 Å². The van der Waals surface area contributed by atoms with E-state index in [0.29, 0.717) is 0 Å². The molecule has 0 heterocycles. The molecule has 19 heteroatoms. The van der Waals surface area contributed by atoms with Crippen LogP contribution >= 0.6 is 0 Å². The van der Waals surface area contributed by atoms with Gasteiger partial charge < -0.3 is 63.3 Å². The number of alkyl carbamates (subject to hydrolysis) is 1. The maximum absolute atomic E-state index is 13.0. The van der Waals surface area contributed by atoms with E-state index in [1.807, 2.05) is 0 Å². The van der Waals surface area contributed by atoms with Crippen molar-refractivity contribution in [2.45, 2.75) is 71.9 Å². The highest BCUT2D eigenvalue weighted by Crippen LogP contribution is 2.11. The first-order chi connectivity index (χ1) is 25.3. The summed E-state index contributed by atoms with van der Waals surface area (Å²) in [5.74, 6) is -2.52. The molecule has 0 bridgehead atoms. The standard InChI is InChI=1S/C34H61N3O16/c1-7-50-29(40)10-15-46-24-34(25-47-16-11-30(41)51-8-2,26-48-17-12-31(42)52-9-3)37-28(39)23-49-22-27(38)35-13-18-44-20-21-45-19-14-36-32(43)53-33(4,5)6/h7-26H2,1-6H3,(H,35,38)(H,36,43)(H,37,39). The number of amides is 3. The smallest absolute Gasteiger partial charge is 0.407 e. The summed E-state index contributed by atoms with van der Waals surface area (Å²) in [5.41, 5.74) is -1.93. The summed E-state index contributed by atoms with van der Waals surface area (Å²) in [4.78, 5) is 72.2. The Balaban J connectivity index is 4.88. The summed E-state index contributed by atoms with van der Waals surface area (Å²) in [6.07, 6.45) is -0.658. The van der Waals surface area contributed by atoms with Crippen molar-refractivity contribution in [3.63, 3.8) is 0 Å². The molecule has 308 valence electrons. The fourth-order valence-corrected chi connectivity index (χ4v) is 3.95.